The van der Waals surface area contributed by atoms with Gasteiger partial charge in [0.15, 0.2) is 0 Å². The standard InChI is InChI=1S/C16H19FN4O2/c17-14-3-6-16(18-11-14)19-20-23-15-4-1-13(2-5-15)12-21-7-9-22-10-8-21/h1-6,11,20H,7-10,12H2,(H,18,19). The van der Waals surface area contributed by atoms with Crippen LogP contribution in [0.15, 0.2) is 42.6 Å². The highest BCUT2D eigenvalue weighted by Gasteiger charge is 2.10. The van der Waals surface area contributed by atoms with Gasteiger partial charge in [0.1, 0.15) is 17.4 Å². The van der Waals surface area contributed by atoms with Gasteiger partial charge in [0.25, 0.3) is 0 Å². The van der Waals surface area contributed by atoms with Crippen molar-refractivity contribution in [3.63, 3.8) is 0 Å². The Morgan fingerprint density at radius 2 is 1.91 bits per heavy atom. The summed E-state index contributed by atoms with van der Waals surface area (Å²) in [6.45, 7) is 4.44. The molecule has 1 fully saturated rings. The van der Waals surface area contributed by atoms with E-state index >= 15 is 0 Å². The highest BCUT2D eigenvalue weighted by atomic mass is 19.1. The number of hydrogen-bond donors (Lipinski definition) is 2. The third-order valence-electron chi connectivity index (χ3n) is 3.51. The van der Waals surface area contributed by atoms with Crippen molar-refractivity contribution >= 4 is 5.82 Å². The molecule has 1 aromatic heterocycles. The van der Waals surface area contributed by atoms with Crippen LogP contribution < -0.4 is 15.9 Å². The molecule has 3 rings (SSSR count). The molecule has 0 amide bonds. The molecule has 23 heavy (non-hydrogen) atoms. The Morgan fingerprint density at radius 1 is 1.13 bits per heavy atom. The fraction of sp³-hybridized carbons (Fsp3) is 0.312. The zero-order valence-electron chi connectivity index (χ0n) is 12.7. The average molecular weight is 318 g/mol. The number of pyridine rings is 1. The summed E-state index contributed by atoms with van der Waals surface area (Å²) in [5.41, 5.74) is 6.53. The van der Waals surface area contributed by atoms with Gasteiger partial charge in [-0.3, -0.25) is 10.3 Å². The third kappa shape index (κ3) is 4.88. The van der Waals surface area contributed by atoms with E-state index in [0.29, 0.717) is 11.6 Å². The first-order valence-electron chi connectivity index (χ1n) is 7.48. The summed E-state index contributed by atoms with van der Waals surface area (Å²) in [6, 6.07) is 10.7. The van der Waals surface area contributed by atoms with Crippen molar-refractivity contribution in [2.75, 3.05) is 31.7 Å². The largest absolute Gasteiger partial charge is 0.389 e. The Kier molecular flexibility index (Phi) is 5.36. The number of anilines is 1. The molecule has 0 saturated carbocycles. The molecule has 2 heterocycles. The summed E-state index contributed by atoms with van der Waals surface area (Å²) in [4.78, 5) is 11.6. The molecule has 0 aliphatic carbocycles. The number of ether oxygens (including phenoxy) is 1. The summed E-state index contributed by atoms with van der Waals surface area (Å²) in [5.74, 6) is 0.757. The second-order valence-electron chi connectivity index (χ2n) is 5.22. The predicted octanol–water partition coefficient (Wildman–Crippen LogP) is 1.96. The van der Waals surface area contributed by atoms with Gasteiger partial charge in [-0.15, -0.1) is 0 Å². The summed E-state index contributed by atoms with van der Waals surface area (Å²) >= 11 is 0. The molecule has 0 bridgehead atoms. The number of morpholine rings is 1. The quantitative estimate of drug-likeness (QED) is 0.794. The van der Waals surface area contributed by atoms with Crippen LogP contribution in [-0.2, 0) is 11.3 Å². The van der Waals surface area contributed by atoms with E-state index < -0.39 is 0 Å². The second kappa shape index (κ2) is 7.87. The number of nitrogens with zero attached hydrogens (tertiary/aromatic N) is 2. The van der Waals surface area contributed by atoms with Crippen molar-refractivity contribution in [1.29, 1.82) is 0 Å². The minimum atomic E-state index is -0.382. The number of hydrazine groups is 1. The van der Waals surface area contributed by atoms with Crippen molar-refractivity contribution in [2.45, 2.75) is 6.54 Å². The maximum atomic E-state index is 12.7. The third-order valence-corrected chi connectivity index (χ3v) is 3.51. The number of rotatable bonds is 6. The van der Waals surface area contributed by atoms with Crippen LogP contribution in [0.25, 0.3) is 0 Å². The second-order valence-corrected chi connectivity index (χ2v) is 5.22. The van der Waals surface area contributed by atoms with Crippen LogP contribution in [0.4, 0.5) is 10.2 Å². The maximum absolute atomic E-state index is 12.7. The Labute approximate surface area is 134 Å². The van der Waals surface area contributed by atoms with Crippen molar-refractivity contribution < 1.29 is 14.0 Å². The number of aromatic nitrogens is 1. The fourth-order valence-corrected chi connectivity index (χ4v) is 2.27. The molecule has 0 spiro atoms. The predicted molar refractivity (Wildman–Crippen MR) is 84.1 cm³/mol. The van der Waals surface area contributed by atoms with E-state index in [2.05, 4.69) is 20.9 Å². The van der Waals surface area contributed by atoms with Gasteiger partial charge in [0.05, 0.1) is 19.4 Å². The van der Waals surface area contributed by atoms with Gasteiger partial charge in [0.2, 0.25) is 0 Å². The van der Waals surface area contributed by atoms with Crippen molar-refractivity contribution in [2.24, 2.45) is 0 Å². The summed E-state index contributed by atoms with van der Waals surface area (Å²) in [6.07, 6.45) is 1.13. The first-order valence-corrected chi connectivity index (χ1v) is 7.48. The van der Waals surface area contributed by atoms with Gasteiger partial charge in [-0.05, 0) is 29.8 Å². The molecule has 0 unspecified atom stereocenters. The van der Waals surface area contributed by atoms with Gasteiger partial charge in [-0.25, -0.2) is 9.37 Å². The highest BCUT2D eigenvalue weighted by Crippen LogP contribution is 2.13. The smallest absolute Gasteiger partial charge is 0.149 e. The molecular formula is C16H19FN4O2. The molecule has 7 heteroatoms. The molecule has 6 nitrogen and oxygen atoms in total. The zero-order valence-corrected chi connectivity index (χ0v) is 12.7. The Morgan fingerprint density at radius 3 is 2.61 bits per heavy atom. The highest BCUT2D eigenvalue weighted by molar-refractivity contribution is 5.32. The molecule has 2 aromatic rings. The van der Waals surface area contributed by atoms with E-state index in [9.17, 15) is 4.39 Å². The molecule has 1 aliphatic rings. The normalized spacial score (nSPS) is 15.3. The van der Waals surface area contributed by atoms with Crippen LogP contribution in [0.2, 0.25) is 0 Å². The van der Waals surface area contributed by atoms with E-state index in [0.717, 1.165) is 39.0 Å². The Hall–Kier alpha value is -2.22. The monoisotopic (exact) mass is 318 g/mol. The van der Waals surface area contributed by atoms with Crippen molar-refractivity contribution in [3.05, 3.63) is 54.0 Å². The van der Waals surface area contributed by atoms with Crippen LogP contribution >= 0.6 is 0 Å². The molecule has 0 radical (unpaired) electrons. The average Bonchev–Trinajstić information content (AvgIpc) is 2.59. The number of hydrogen-bond acceptors (Lipinski definition) is 6. The van der Waals surface area contributed by atoms with E-state index in [1.807, 2.05) is 24.3 Å². The summed E-state index contributed by atoms with van der Waals surface area (Å²) in [5, 5.41) is 0. The lowest BCUT2D eigenvalue weighted by molar-refractivity contribution is 0.0342. The topological polar surface area (TPSA) is 58.7 Å². The Bertz CT molecular complexity index is 600. The lowest BCUT2D eigenvalue weighted by Gasteiger charge is -2.26. The lowest BCUT2D eigenvalue weighted by atomic mass is 10.2. The Balaban J connectivity index is 1.44. The molecule has 122 valence electrons. The molecule has 0 atom stereocenters. The number of benzene rings is 1. The van der Waals surface area contributed by atoms with Gasteiger partial charge < -0.3 is 9.57 Å². The fourth-order valence-electron chi connectivity index (χ4n) is 2.27. The van der Waals surface area contributed by atoms with Gasteiger partial charge in [-0.2, -0.15) is 0 Å². The van der Waals surface area contributed by atoms with Crippen LogP contribution in [0.3, 0.4) is 0 Å². The number of nitrogens with one attached hydrogen (secondary N) is 2. The summed E-state index contributed by atoms with van der Waals surface area (Å²) in [7, 11) is 0. The SMILES string of the molecule is Fc1ccc(NNOc2ccc(CN3CCOCC3)cc2)nc1. The number of halogens is 1. The summed E-state index contributed by atoms with van der Waals surface area (Å²) < 4.78 is 18.1. The van der Waals surface area contributed by atoms with Crippen LogP contribution in [0.5, 0.6) is 5.75 Å². The van der Waals surface area contributed by atoms with E-state index in [4.69, 9.17) is 9.57 Å². The minimum absolute atomic E-state index is 0.382. The molecule has 1 saturated heterocycles. The first-order chi connectivity index (χ1) is 11.3. The van der Waals surface area contributed by atoms with E-state index in [1.165, 1.54) is 17.7 Å². The maximum Gasteiger partial charge on any atom is 0.149 e. The van der Waals surface area contributed by atoms with Gasteiger partial charge in [-0.1, -0.05) is 17.7 Å². The minimum Gasteiger partial charge on any atom is -0.389 e. The van der Waals surface area contributed by atoms with Gasteiger partial charge in [0, 0.05) is 19.6 Å². The lowest BCUT2D eigenvalue weighted by Crippen LogP contribution is -2.35. The van der Waals surface area contributed by atoms with E-state index in [1.54, 1.807) is 0 Å². The van der Waals surface area contributed by atoms with Crippen LogP contribution in [0.1, 0.15) is 5.56 Å². The zero-order chi connectivity index (χ0) is 15.9. The van der Waals surface area contributed by atoms with Crippen LogP contribution in [0, 0.1) is 5.82 Å². The van der Waals surface area contributed by atoms with Gasteiger partial charge >= 0.3 is 0 Å². The first kappa shape index (κ1) is 15.7. The van der Waals surface area contributed by atoms with Crippen LogP contribution in [-0.4, -0.2) is 36.2 Å². The van der Waals surface area contributed by atoms with Crippen molar-refractivity contribution in [1.82, 2.24) is 15.5 Å². The van der Waals surface area contributed by atoms with E-state index in [-0.39, 0.29) is 5.82 Å². The molecule has 1 aliphatic heterocycles. The molecule has 1 aromatic carbocycles. The van der Waals surface area contributed by atoms with Crippen molar-refractivity contribution in [3.8, 4) is 5.75 Å². The molecular weight excluding hydrogens is 299 g/mol. The molecule has 2 N–H and O–H groups in total.